The number of methoxy groups -OCH3 is 1. The minimum Gasteiger partial charge on any atom is -0.496 e. The van der Waals surface area contributed by atoms with Gasteiger partial charge in [0, 0.05) is 6.42 Å². The van der Waals surface area contributed by atoms with E-state index < -0.39 is 18.0 Å². The Balaban J connectivity index is 1.94. The van der Waals surface area contributed by atoms with Crippen molar-refractivity contribution >= 4 is 22.7 Å². The molecule has 3 rings (SSSR count). The number of carbonyl (C=O) groups excluding carboxylic acids is 2. The molecule has 2 aromatic rings. The van der Waals surface area contributed by atoms with Crippen LogP contribution in [-0.2, 0) is 14.3 Å². The third kappa shape index (κ3) is 2.54. The van der Waals surface area contributed by atoms with Gasteiger partial charge in [-0.1, -0.05) is 24.3 Å². The summed E-state index contributed by atoms with van der Waals surface area (Å²) in [4.78, 5) is 23.6. The number of ether oxygens (including phenoxy) is 3. The van der Waals surface area contributed by atoms with Crippen LogP contribution < -0.4 is 4.74 Å². The zero-order chi connectivity index (χ0) is 14.8. The zero-order valence-electron chi connectivity index (χ0n) is 11.5. The molecule has 5 nitrogen and oxygen atoms in total. The molecule has 1 atom stereocenters. The summed E-state index contributed by atoms with van der Waals surface area (Å²) in [6, 6.07) is 11.1. The molecule has 1 heterocycles. The second kappa shape index (κ2) is 5.44. The lowest BCUT2D eigenvalue weighted by Crippen LogP contribution is -2.23. The molecule has 2 aromatic carbocycles. The van der Waals surface area contributed by atoms with E-state index in [2.05, 4.69) is 0 Å². The Morgan fingerprint density at radius 2 is 1.95 bits per heavy atom. The van der Waals surface area contributed by atoms with Crippen molar-refractivity contribution in [1.82, 2.24) is 0 Å². The minimum absolute atomic E-state index is 0.283. The lowest BCUT2D eigenvalue weighted by molar-refractivity contribution is -0.145. The van der Waals surface area contributed by atoms with Gasteiger partial charge in [-0.25, -0.2) is 9.59 Å². The number of carbonyl (C=O) groups is 2. The second-order valence-electron chi connectivity index (χ2n) is 4.75. The first-order chi connectivity index (χ1) is 10.2. The van der Waals surface area contributed by atoms with Crippen molar-refractivity contribution in [3.63, 3.8) is 0 Å². The van der Waals surface area contributed by atoms with Gasteiger partial charge >= 0.3 is 11.9 Å². The molecule has 0 radical (unpaired) electrons. The summed E-state index contributed by atoms with van der Waals surface area (Å²) in [5, 5.41) is 1.87. The fourth-order valence-electron chi connectivity index (χ4n) is 2.32. The molecule has 1 aliphatic heterocycles. The van der Waals surface area contributed by atoms with Crippen LogP contribution in [0.2, 0.25) is 0 Å². The molecule has 1 fully saturated rings. The summed E-state index contributed by atoms with van der Waals surface area (Å²) in [6.45, 7) is 0.283. The molecule has 0 saturated carbocycles. The number of esters is 2. The van der Waals surface area contributed by atoms with Crippen molar-refractivity contribution in [2.45, 2.75) is 12.5 Å². The Morgan fingerprint density at radius 3 is 2.57 bits per heavy atom. The van der Waals surface area contributed by atoms with Crippen LogP contribution in [0.5, 0.6) is 5.75 Å². The van der Waals surface area contributed by atoms with Crippen molar-refractivity contribution in [3.8, 4) is 5.75 Å². The van der Waals surface area contributed by atoms with Gasteiger partial charge in [0.15, 0.2) is 0 Å². The highest BCUT2D eigenvalue weighted by molar-refractivity contribution is 5.99. The van der Waals surface area contributed by atoms with E-state index in [0.717, 1.165) is 10.8 Å². The molecule has 0 aliphatic carbocycles. The van der Waals surface area contributed by atoms with E-state index in [-0.39, 0.29) is 6.61 Å². The predicted octanol–water partition coefficient (Wildman–Crippen LogP) is 2.32. The molecule has 1 aliphatic rings. The first-order valence-electron chi connectivity index (χ1n) is 6.63. The molecular weight excluding hydrogens is 272 g/mol. The van der Waals surface area contributed by atoms with Crippen LogP contribution in [0.1, 0.15) is 16.8 Å². The third-order valence-electron chi connectivity index (χ3n) is 3.42. The van der Waals surface area contributed by atoms with Gasteiger partial charge in [-0.3, -0.25) is 0 Å². The molecule has 1 saturated heterocycles. The van der Waals surface area contributed by atoms with Crippen LogP contribution in [0.4, 0.5) is 0 Å². The summed E-state index contributed by atoms with van der Waals surface area (Å²) in [5.41, 5.74) is 0.302. The van der Waals surface area contributed by atoms with E-state index >= 15 is 0 Å². The highest BCUT2D eigenvalue weighted by atomic mass is 16.6. The summed E-state index contributed by atoms with van der Waals surface area (Å²) in [6.07, 6.45) is -0.436. The first-order valence-corrected chi connectivity index (χ1v) is 6.63. The molecule has 0 bridgehead atoms. The second-order valence-corrected chi connectivity index (χ2v) is 4.75. The minimum atomic E-state index is -0.825. The summed E-state index contributed by atoms with van der Waals surface area (Å²) in [7, 11) is 1.49. The zero-order valence-corrected chi connectivity index (χ0v) is 11.5. The largest absolute Gasteiger partial charge is 0.496 e. The van der Waals surface area contributed by atoms with Crippen LogP contribution in [0.15, 0.2) is 36.4 Å². The Labute approximate surface area is 121 Å². The van der Waals surface area contributed by atoms with Crippen LogP contribution >= 0.6 is 0 Å². The SMILES string of the molecule is COc1cc2ccccc2cc1C(=O)O[C@H]1CCOC1=O. The van der Waals surface area contributed by atoms with Gasteiger partial charge in [0.2, 0.25) is 6.10 Å². The van der Waals surface area contributed by atoms with Gasteiger partial charge in [0.25, 0.3) is 0 Å². The molecule has 0 spiro atoms. The van der Waals surface area contributed by atoms with Crippen molar-refractivity contribution in [2.24, 2.45) is 0 Å². The monoisotopic (exact) mass is 286 g/mol. The lowest BCUT2D eigenvalue weighted by atomic mass is 10.1. The van der Waals surface area contributed by atoms with Gasteiger partial charge < -0.3 is 14.2 Å². The average Bonchev–Trinajstić information content (AvgIpc) is 2.91. The summed E-state index contributed by atoms with van der Waals surface area (Å²) < 4.78 is 15.2. The van der Waals surface area contributed by atoms with Gasteiger partial charge in [-0.2, -0.15) is 0 Å². The van der Waals surface area contributed by atoms with Gasteiger partial charge in [-0.15, -0.1) is 0 Å². The number of hydrogen-bond donors (Lipinski definition) is 0. The fraction of sp³-hybridized carbons (Fsp3) is 0.250. The Bertz CT molecular complexity index is 707. The molecule has 0 aromatic heterocycles. The van der Waals surface area contributed by atoms with Crippen molar-refractivity contribution in [1.29, 1.82) is 0 Å². The van der Waals surface area contributed by atoms with E-state index in [0.29, 0.717) is 17.7 Å². The number of hydrogen-bond acceptors (Lipinski definition) is 5. The maximum atomic E-state index is 12.3. The van der Waals surface area contributed by atoms with Crippen molar-refractivity contribution in [2.75, 3.05) is 13.7 Å². The Kier molecular flexibility index (Phi) is 3.48. The predicted molar refractivity (Wildman–Crippen MR) is 75.3 cm³/mol. The van der Waals surface area contributed by atoms with Crippen LogP contribution in [-0.4, -0.2) is 31.8 Å². The van der Waals surface area contributed by atoms with Gasteiger partial charge in [0.05, 0.1) is 13.7 Å². The molecule has 108 valence electrons. The van der Waals surface area contributed by atoms with Crippen LogP contribution in [0.3, 0.4) is 0 Å². The maximum Gasteiger partial charge on any atom is 0.347 e. The molecule has 0 N–H and O–H groups in total. The lowest BCUT2D eigenvalue weighted by Gasteiger charge is -2.12. The van der Waals surface area contributed by atoms with E-state index in [9.17, 15) is 9.59 Å². The molecule has 0 unspecified atom stereocenters. The van der Waals surface area contributed by atoms with E-state index in [1.54, 1.807) is 12.1 Å². The van der Waals surface area contributed by atoms with E-state index in [4.69, 9.17) is 14.2 Å². The van der Waals surface area contributed by atoms with Crippen molar-refractivity contribution in [3.05, 3.63) is 42.0 Å². The number of benzene rings is 2. The summed E-state index contributed by atoms with van der Waals surface area (Å²) >= 11 is 0. The molecule has 0 amide bonds. The topological polar surface area (TPSA) is 61.8 Å². The standard InChI is InChI=1S/C16H14O5/c1-19-14-9-11-5-3-2-4-10(11)8-12(14)15(17)21-13-6-7-20-16(13)18/h2-5,8-9,13H,6-7H2,1H3/t13-/m0/s1. The first kappa shape index (κ1) is 13.4. The number of fused-ring (bicyclic) bond motifs is 1. The Hall–Kier alpha value is -2.56. The molecular formula is C16H14O5. The molecule has 5 heteroatoms. The van der Waals surface area contributed by atoms with Gasteiger partial charge in [0.1, 0.15) is 11.3 Å². The normalized spacial score (nSPS) is 17.6. The van der Waals surface area contributed by atoms with E-state index in [1.165, 1.54) is 7.11 Å². The number of cyclic esters (lactones) is 1. The fourth-order valence-corrected chi connectivity index (χ4v) is 2.32. The maximum absolute atomic E-state index is 12.3. The van der Waals surface area contributed by atoms with Gasteiger partial charge in [-0.05, 0) is 22.9 Å². The van der Waals surface area contributed by atoms with Crippen molar-refractivity contribution < 1.29 is 23.8 Å². The highest BCUT2D eigenvalue weighted by Crippen LogP contribution is 2.27. The summed E-state index contributed by atoms with van der Waals surface area (Å²) in [5.74, 6) is -0.658. The van der Waals surface area contributed by atoms with E-state index in [1.807, 2.05) is 24.3 Å². The Morgan fingerprint density at radius 1 is 1.24 bits per heavy atom. The average molecular weight is 286 g/mol. The third-order valence-corrected chi connectivity index (χ3v) is 3.42. The highest BCUT2D eigenvalue weighted by Gasteiger charge is 2.31. The van der Waals surface area contributed by atoms with Crippen LogP contribution in [0, 0.1) is 0 Å². The number of rotatable bonds is 3. The smallest absolute Gasteiger partial charge is 0.347 e. The molecule has 21 heavy (non-hydrogen) atoms. The van der Waals surface area contributed by atoms with Crippen LogP contribution in [0.25, 0.3) is 10.8 Å². The quantitative estimate of drug-likeness (QED) is 0.810.